The molecule has 0 aromatic carbocycles. The largest absolute Gasteiger partial charge is 0.363 e. The number of hydrogen-bond donors (Lipinski definition) is 2. The van der Waals surface area contributed by atoms with Gasteiger partial charge in [0.15, 0.2) is 5.11 Å². The van der Waals surface area contributed by atoms with Crippen LogP contribution in [-0.4, -0.2) is 46.0 Å². The summed E-state index contributed by atoms with van der Waals surface area (Å²) in [6.45, 7) is 12.2. The van der Waals surface area contributed by atoms with Crippen LogP contribution in [0.25, 0.3) is 0 Å². The molecule has 5 nitrogen and oxygen atoms in total. The number of rotatable bonds is 9. The van der Waals surface area contributed by atoms with E-state index in [9.17, 15) is 0 Å². The first kappa shape index (κ1) is 18.4. The molecule has 0 saturated heterocycles. The lowest BCUT2D eigenvalue weighted by Crippen LogP contribution is -2.37. The van der Waals surface area contributed by atoms with Crippen molar-refractivity contribution in [3.05, 3.63) is 16.4 Å². The minimum absolute atomic E-state index is 0.677. The monoisotopic (exact) mass is 375 g/mol. The van der Waals surface area contributed by atoms with Crippen LogP contribution in [0.2, 0.25) is 0 Å². The minimum Gasteiger partial charge on any atom is -0.363 e. The molecule has 1 aromatic heterocycles. The fourth-order valence-corrected chi connectivity index (χ4v) is 2.72. The third-order valence-corrected chi connectivity index (χ3v) is 4.40. The number of nitrogens with zero attached hydrogens (tertiary/aromatic N) is 3. The van der Waals surface area contributed by atoms with Gasteiger partial charge in [-0.3, -0.25) is 4.68 Å². The summed E-state index contributed by atoms with van der Waals surface area (Å²) in [6, 6.07) is 0. The highest BCUT2D eigenvalue weighted by atomic mass is 79.9. The maximum Gasteiger partial charge on any atom is 0.166 e. The molecule has 0 radical (unpaired) electrons. The summed E-state index contributed by atoms with van der Waals surface area (Å²) in [5.74, 6) is 0. The molecule has 1 rings (SSSR count). The number of thiocarbonyl (C=S) groups is 1. The van der Waals surface area contributed by atoms with Crippen LogP contribution in [0, 0.1) is 0 Å². The lowest BCUT2D eigenvalue weighted by molar-refractivity contribution is 0.300. The molecule has 0 fully saturated rings. The highest BCUT2D eigenvalue weighted by Crippen LogP contribution is 2.15. The molecule has 0 bridgehead atoms. The molecule has 7 heteroatoms. The summed E-state index contributed by atoms with van der Waals surface area (Å²) < 4.78 is 2.97. The molecule has 1 heterocycles. The summed E-state index contributed by atoms with van der Waals surface area (Å²) in [5, 5.41) is 11.5. The van der Waals surface area contributed by atoms with Crippen molar-refractivity contribution in [1.82, 2.24) is 25.3 Å². The zero-order chi connectivity index (χ0) is 15.7. The SMILES string of the molecule is CCN(CC)CCCNC(=S)NCc1c(Br)cnn1CC. The Hall–Kier alpha value is -0.660. The predicted octanol–water partition coefficient (Wildman–Crippen LogP) is 2.36. The van der Waals surface area contributed by atoms with Gasteiger partial charge < -0.3 is 15.5 Å². The topological polar surface area (TPSA) is 45.1 Å². The van der Waals surface area contributed by atoms with Gasteiger partial charge >= 0.3 is 0 Å². The van der Waals surface area contributed by atoms with Crippen molar-refractivity contribution in [1.29, 1.82) is 0 Å². The number of halogens is 1. The van der Waals surface area contributed by atoms with Gasteiger partial charge in [0.25, 0.3) is 0 Å². The quantitative estimate of drug-likeness (QED) is 0.512. The maximum atomic E-state index is 5.30. The number of aryl methyl sites for hydroxylation is 1. The first-order valence-corrected chi connectivity index (χ1v) is 8.76. The molecule has 0 atom stereocenters. The van der Waals surface area contributed by atoms with Gasteiger partial charge in [0.05, 0.1) is 22.9 Å². The number of hydrogen-bond acceptors (Lipinski definition) is 3. The second-order valence-corrected chi connectivity index (χ2v) is 6.01. The van der Waals surface area contributed by atoms with Gasteiger partial charge in [0.1, 0.15) is 0 Å². The second kappa shape index (κ2) is 10.1. The van der Waals surface area contributed by atoms with Crippen molar-refractivity contribution in [3.8, 4) is 0 Å². The highest BCUT2D eigenvalue weighted by molar-refractivity contribution is 9.10. The normalized spacial score (nSPS) is 10.9. The zero-order valence-electron chi connectivity index (χ0n) is 13.2. The molecule has 21 heavy (non-hydrogen) atoms. The third kappa shape index (κ3) is 6.32. The molecule has 120 valence electrons. The van der Waals surface area contributed by atoms with Gasteiger partial charge in [-0.1, -0.05) is 13.8 Å². The summed E-state index contributed by atoms with van der Waals surface area (Å²) in [7, 11) is 0. The Bertz CT molecular complexity index is 431. The van der Waals surface area contributed by atoms with E-state index in [2.05, 4.69) is 57.3 Å². The fourth-order valence-electron chi connectivity index (χ4n) is 2.11. The average Bonchev–Trinajstić information content (AvgIpc) is 2.85. The van der Waals surface area contributed by atoms with Crippen LogP contribution >= 0.6 is 28.1 Å². The van der Waals surface area contributed by atoms with E-state index in [1.165, 1.54) is 0 Å². The molecule has 0 amide bonds. The smallest absolute Gasteiger partial charge is 0.166 e. The zero-order valence-corrected chi connectivity index (χ0v) is 15.6. The molecule has 0 spiro atoms. The standard InChI is InChI=1S/C14H26BrN5S/c1-4-19(5-2)9-7-8-16-14(21)17-11-13-12(15)10-18-20(13)6-3/h10H,4-9,11H2,1-3H3,(H2,16,17,21). The van der Waals surface area contributed by atoms with Gasteiger partial charge in [-0.05, 0) is 61.1 Å². The van der Waals surface area contributed by atoms with E-state index in [0.29, 0.717) is 11.7 Å². The molecular formula is C14H26BrN5S. The lowest BCUT2D eigenvalue weighted by Gasteiger charge is -2.18. The molecule has 0 aliphatic heterocycles. The Labute approximate surface area is 141 Å². The first-order chi connectivity index (χ1) is 10.1. The maximum absolute atomic E-state index is 5.30. The minimum atomic E-state index is 0.677. The van der Waals surface area contributed by atoms with Gasteiger partial charge in [0.2, 0.25) is 0 Å². The van der Waals surface area contributed by atoms with E-state index < -0.39 is 0 Å². The van der Waals surface area contributed by atoms with Gasteiger partial charge in [0, 0.05) is 13.1 Å². The highest BCUT2D eigenvalue weighted by Gasteiger charge is 2.07. The van der Waals surface area contributed by atoms with Gasteiger partial charge in [-0.15, -0.1) is 0 Å². The van der Waals surface area contributed by atoms with E-state index in [0.717, 1.165) is 49.3 Å². The van der Waals surface area contributed by atoms with E-state index in [1.54, 1.807) is 0 Å². The summed E-state index contributed by atoms with van der Waals surface area (Å²) in [6.07, 6.45) is 2.92. The Morgan fingerprint density at radius 1 is 1.33 bits per heavy atom. The van der Waals surface area contributed by atoms with Crippen LogP contribution in [0.15, 0.2) is 10.7 Å². The predicted molar refractivity (Wildman–Crippen MR) is 95.4 cm³/mol. The first-order valence-electron chi connectivity index (χ1n) is 7.56. The molecule has 0 unspecified atom stereocenters. The summed E-state index contributed by atoms with van der Waals surface area (Å²) in [5.41, 5.74) is 1.12. The molecule has 1 aromatic rings. The van der Waals surface area contributed by atoms with E-state index in [-0.39, 0.29) is 0 Å². The third-order valence-electron chi connectivity index (χ3n) is 3.44. The Morgan fingerprint density at radius 2 is 2.05 bits per heavy atom. The van der Waals surface area contributed by atoms with Crippen LogP contribution < -0.4 is 10.6 Å². The van der Waals surface area contributed by atoms with Gasteiger partial charge in [-0.2, -0.15) is 5.10 Å². The molecule has 0 aliphatic rings. The van der Waals surface area contributed by atoms with Crippen molar-refractivity contribution in [2.75, 3.05) is 26.2 Å². The molecule has 0 saturated carbocycles. The van der Waals surface area contributed by atoms with E-state index in [1.807, 2.05) is 10.9 Å². The van der Waals surface area contributed by atoms with Crippen molar-refractivity contribution >= 4 is 33.3 Å². The second-order valence-electron chi connectivity index (χ2n) is 4.74. The van der Waals surface area contributed by atoms with E-state index >= 15 is 0 Å². The van der Waals surface area contributed by atoms with Gasteiger partial charge in [-0.25, -0.2) is 0 Å². The molecular weight excluding hydrogens is 350 g/mol. The van der Waals surface area contributed by atoms with Crippen LogP contribution in [0.3, 0.4) is 0 Å². The lowest BCUT2D eigenvalue weighted by atomic mass is 10.3. The molecule has 2 N–H and O–H groups in total. The fraction of sp³-hybridized carbons (Fsp3) is 0.714. The Morgan fingerprint density at radius 3 is 2.67 bits per heavy atom. The van der Waals surface area contributed by atoms with Crippen LogP contribution in [-0.2, 0) is 13.1 Å². The Kier molecular flexibility index (Phi) is 8.87. The van der Waals surface area contributed by atoms with Crippen LogP contribution in [0.5, 0.6) is 0 Å². The molecule has 0 aliphatic carbocycles. The van der Waals surface area contributed by atoms with E-state index in [4.69, 9.17) is 12.2 Å². The van der Waals surface area contributed by atoms with Crippen molar-refractivity contribution < 1.29 is 0 Å². The number of nitrogens with one attached hydrogen (secondary N) is 2. The summed E-state index contributed by atoms with van der Waals surface area (Å²) in [4.78, 5) is 2.41. The summed E-state index contributed by atoms with van der Waals surface area (Å²) >= 11 is 8.82. The van der Waals surface area contributed by atoms with Crippen LogP contribution in [0.4, 0.5) is 0 Å². The van der Waals surface area contributed by atoms with Crippen molar-refractivity contribution in [3.63, 3.8) is 0 Å². The van der Waals surface area contributed by atoms with Crippen molar-refractivity contribution in [2.45, 2.75) is 40.3 Å². The van der Waals surface area contributed by atoms with Crippen LogP contribution in [0.1, 0.15) is 32.9 Å². The Balaban J connectivity index is 2.24. The number of aromatic nitrogens is 2. The van der Waals surface area contributed by atoms with Crippen molar-refractivity contribution in [2.24, 2.45) is 0 Å². The average molecular weight is 376 g/mol.